The molecule has 116 valence electrons. The van der Waals surface area contributed by atoms with Gasteiger partial charge in [0, 0.05) is 17.8 Å². The first-order valence-electron chi connectivity index (χ1n) is 6.55. The molecule has 0 saturated heterocycles. The van der Waals surface area contributed by atoms with Crippen LogP contribution in [0.3, 0.4) is 0 Å². The van der Waals surface area contributed by atoms with Gasteiger partial charge in [-0.15, -0.1) is 0 Å². The lowest BCUT2D eigenvalue weighted by molar-refractivity contribution is 0.560. The molecule has 0 bridgehead atoms. The van der Waals surface area contributed by atoms with Gasteiger partial charge in [-0.3, -0.25) is 0 Å². The van der Waals surface area contributed by atoms with Crippen molar-refractivity contribution in [2.75, 3.05) is 0 Å². The number of nitrogens with zero attached hydrogens (tertiary/aromatic N) is 3. The Hall–Kier alpha value is -2.24. The SMILES string of the molecule is CC(C)n1cnc(S(=O)(=O)N[C@@H](C#N)c2ccccc2F)c1. The van der Waals surface area contributed by atoms with Gasteiger partial charge in [-0.25, -0.2) is 17.8 Å². The van der Waals surface area contributed by atoms with Gasteiger partial charge in [-0.2, -0.15) is 9.98 Å². The van der Waals surface area contributed by atoms with Crippen molar-refractivity contribution in [3.05, 3.63) is 48.2 Å². The average Bonchev–Trinajstić information content (AvgIpc) is 2.96. The van der Waals surface area contributed by atoms with E-state index in [2.05, 4.69) is 9.71 Å². The summed E-state index contributed by atoms with van der Waals surface area (Å²) < 4.78 is 42.0. The second kappa shape index (κ2) is 6.25. The number of benzene rings is 1. The van der Waals surface area contributed by atoms with E-state index in [-0.39, 0.29) is 16.6 Å². The number of nitrogens with one attached hydrogen (secondary N) is 1. The number of sulfonamides is 1. The van der Waals surface area contributed by atoms with Gasteiger partial charge in [0.15, 0.2) is 5.03 Å². The van der Waals surface area contributed by atoms with Gasteiger partial charge in [-0.1, -0.05) is 18.2 Å². The summed E-state index contributed by atoms with van der Waals surface area (Å²) >= 11 is 0. The molecule has 1 aromatic heterocycles. The first kappa shape index (κ1) is 16.1. The Morgan fingerprint density at radius 3 is 2.59 bits per heavy atom. The Morgan fingerprint density at radius 1 is 1.36 bits per heavy atom. The third-order valence-corrected chi connectivity index (χ3v) is 4.38. The average molecular weight is 322 g/mol. The van der Waals surface area contributed by atoms with Gasteiger partial charge in [0.25, 0.3) is 10.0 Å². The lowest BCUT2D eigenvalue weighted by Gasteiger charge is -2.12. The first-order valence-corrected chi connectivity index (χ1v) is 8.03. The molecule has 0 aliphatic carbocycles. The van der Waals surface area contributed by atoms with E-state index in [9.17, 15) is 12.8 Å². The van der Waals surface area contributed by atoms with Crippen molar-refractivity contribution in [1.82, 2.24) is 14.3 Å². The summed E-state index contributed by atoms with van der Waals surface area (Å²) in [5.74, 6) is -0.649. The summed E-state index contributed by atoms with van der Waals surface area (Å²) in [6.45, 7) is 3.76. The van der Waals surface area contributed by atoms with E-state index < -0.39 is 21.9 Å². The van der Waals surface area contributed by atoms with Crippen molar-refractivity contribution in [3.8, 4) is 6.07 Å². The van der Waals surface area contributed by atoms with Crippen molar-refractivity contribution in [1.29, 1.82) is 5.26 Å². The van der Waals surface area contributed by atoms with Crippen LogP contribution in [-0.2, 0) is 10.0 Å². The molecule has 0 spiro atoms. The van der Waals surface area contributed by atoms with Gasteiger partial charge < -0.3 is 4.57 Å². The molecule has 22 heavy (non-hydrogen) atoms. The predicted molar refractivity (Wildman–Crippen MR) is 77.7 cm³/mol. The van der Waals surface area contributed by atoms with Crippen LogP contribution in [0, 0.1) is 17.1 Å². The number of rotatable bonds is 5. The highest BCUT2D eigenvalue weighted by Gasteiger charge is 2.25. The smallest absolute Gasteiger partial charge is 0.261 e. The molecular weight excluding hydrogens is 307 g/mol. The van der Waals surface area contributed by atoms with Crippen LogP contribution in [0.5, 0.6) is 0 Å². The van der Waals surface area contributed by atoms with Crippen LogP contribution in [0.2, 0.25) is 0 Å². The lowest BCUT2D eigenvalue weighted by Crippen LogP contribution is -2.28. The summed E-state index contributed by atoms with van der Waals surface area (Å²) in [6, 6.07) is 6.00. The summed E-state index contributed by atoms with van der Waals surface area (Å²) in [4.78, 5) is 3.82. The largest absolute Gasteiger partial charge is 0.334 e. The van der Waals surface area contributed by atoms with Gasteiger partial charge in [0.1, 0.15) is 11.9 Å². The zero-order valence-corrected chi connectivity index (χ0v) is 12.9. The zero-order valence-electron chi connectivity index (χ0n) is 12.1. The standard InChI is InChI=1S/C14H15FN4O2S/c1-10(2)19-8-14(17-9-19)22(20,21)18-13(7-16)11-5-3-4-6-12(11)15/h3-6,8-10,13,18H,1-2H3/t13-/m0/s1. The fraction of sp³-hybridized carbons (Fsp3) is 0.286. The van der Waals surface area contributed by atoms with Crippen LogP contribution in [0.15, 0.2) is 41.8 Å². The Labute approximate surface area is 128 Å². The molecule has 0 aliphatic heterocycles. The van der Waals surface area contributed by atoms with E-state index in [1.807, 2.05) is 13.8 Å². The van der Waals surface area contributed by atoms with Crippen molar-refractivity contribution < 1.29 is 12.8 Å². The van der Waals surface area contributed by atoms with E-state index >= 15 is 0 Å². The van der Waals surface area contributed by atoms with E-state index in [0.717, 1.165) is 0 Å². The Balaban J connectivity index is 2.30. The minimum atomic E-state index is -4.02. The third-order valence-electron chi connectivity index (χ3n) is 3.07. The minimum Gasteiger partial charge on any atom is -0.334 e. The van der Waals surface area contributed by atoms with Crippen LogP contribution in [0.25, 0.3) is 0 Å². The van der Waals surface area contributed by atoms with Gasteiger partial charge in [0.2, 0.25) is 0 Å². The highest BCUT2D eigenvalue weighted by atomic mass is 32.2. The molecule has 6 nitrogen and oxygen atoms in total. The van der Waals surface area contributed by atoms with Crippen LogP contribution < -0.4 is 4.72 Å². The van der Waals surface area contributed by atoms with Crippen molar-refractivity contribution >= 4 is 10.0 Å². The number of aromatic nitrogens is 2. The fourth-order valence-corrected chi connectivity index (χ4v) is 2.88. The molecule has 1 N–H and O–H groups in total. The Kier molecular flexibility index (Phi) is 4.59. The second-order valence-electron chi connectivity index (χ2n) is 4.96. The molecule has 0 radical (unpaired) electrons. The minimum absolute atomic E-state index is 0.0307. The highest BCUT2D eigenvalue weighted by molar-refractivity contribution is 7.89. The fourth-order valence-electron chi connectivity index (χ4n) is 1.82. The van der Waals surface area contributed by atoms with E-state index in [1.54, 1.807) is 10.6 Å². The molecule has 0 amide bonds. The molecule has 0 fully saturated rings. The molecule has 2 rings (SSSR count). The van der Waals surface area contributed by atoms with E-state index in [1.165, 1.54) is 36.8 Å². The molecule has 8 heteroatoms. The molecule has 1 aromatic carbocycles. The maximum Gasteiger partial charge on any atom is 0.261 e. The number of imidazole rings is 1. The maximum absolute atomic E-state index is 13.7. The Morgan fingerprint density at radius 2 is 2.05 bits per heavy atom. The zero-order chi connectivity index (χ0) is 16.3. The third kappa shape index (κ3) is 3.32. The van der Waals surface area contributed by atoms with Gasteiger partial charge >= 0.3 is 0 Å². The van der Waals surface area contributed by atoms with Crippen LogP contribution in [0.1, 0.15) is 31.5 Å². The number of hydrogen-bond donors (Lipinski definition) is 1. The number of halogens is 1. The summed E-state index contributed by atoms with van der Waals surface area (Å²) in [5, 5.41) is 8.93. The summed E-state index contributed by atoms with van der Waals surface area (Å²) in [6.07, 6.45) is 2.76. The van der Waals surface area contributed by atoms with Gasteiger partial charge in [-0.05, 0) is 19.9 Å². The van der Waals surface area contributed by atoms with Crippen molar-refractivity contribution in [2.45, 2.75) is 31.0 Å². The van der Waals surface area contributed by atoms with E-state index in [4.69, 9.17) is 5.26 Å². The maximum atomic E-state index is 13.7. The van der Waals surface area contributed by atoms with Crippen LogP contribution >= 0.6 is 0 Å². The Bertz CT molecular complexity index is 808. The molecule has 2 aromatic rings. The predicted octanol–water partition coefficient (Wildman–Crippen LogP) is 2.15. The summed E-state index contributed by atoms with van der Waals surface area (Å²) in [7, 11) is -4.02. The van der Waals surface area contributed by atoms with Crippen LogP contribution in [0.4, 0.5) is 4.39 Å². The molecule has 0 unspecified atom stereocenters. The number of hydrogen-bond acceptors (Lipinski definition) is 4. The quantitative estimate of drug-likeness (QED) is 0.913. The topological polar surface area (TPSA) is 87.8 Å². The number of nitriles is 1. The highest BCUT2D eigenvalue weighted by Crippen LogP contribution is 2.19. The normalized spacial score (nSPS) is 13.0. The van der Waals surface area contributed by atoms with Crippen molar-refractivity contribution in [3.63, 3.8) is 0 Å². The molecule has 1 atom stereocenters. The van der Waals surface area contributed by atoms with Gasteiger partial charge in [0.05, 0.1) is 12.4 Å². The molecular formula is C14H15FN4O2S. The monoisotopic (exact) mass is 322 g/mol. The molecule has 0 aliphatic rings. The van der Waals surface area contributed by atoms with Crippen LogP contribution in [-0.4, -0.2) is 18.0 Å². The second-order valence-corrected chi connectivity index (χ2v) is 6.62. The lowest BCUT2D eigenvalue weighted by atomic mass is 10.1. The van der Waals surface area contributed by atoms with Crippen molar-refractivity contribution in [2.24, 2.45) is 0 Å². The summed E-state index contributed by atoms with van der Waals surface area (Å²) in [5.41, 5.74) is -0.0307. The molecule has 0 saturated carbocycles. The first-order chi connectivity index (χ1) is 10.3. The van der Waals surface area contributed by atoms with E-state index in [0.29, 0.717) is 0 Å². The molecule has 1 heterocycles.